The van der Waals surface area contributed by atoms with Crippen LogP contribution < -0.4 is 32.7 Å². The molecular formula is C20H35N7O7. The van der Waals surface area contributed by atoms with E-state index in [0.29, 0.717) is 13.0 Å². The SMILES string of the molecule is CC(C)C(NC(=O)C(CC(=O)O)NC(=O)C1CCCN1)C(=O)NC(CCCN=C(N)N)C(=O)O. The molecule has 34 heavy (non-hydrogen) atoms. The molecule has 0 aliphatic carbocycles. The number of carboxylic acids is 2. The highest BCUT2D eigenvalue weighted by atomic mass is 16.4. The lowest BCUT2D eigenvalue weighted by Gasteiger charge is -2.26. The maximum absolute atomic E-state index is 12.8. The van der Waals surface area contributed by atoms with Crippen molar-refractivity contribution in [2.75, 3.05) is 13.1 Å². The van der Waals surface area contributed by atoms with Crippen LogP contribution in [0.15, 0.2) is 4.99 Å². The Morgan fingerprint density at radius 1 is 1.03 bits per heavy atom. The van der Waals surface area contributed by atoms with Crippen LogP contribution in [0, 0.1) is 5.92 Å². The van der Waals surface area contributed by atoms with E-state index in [-0.39, 0.29) is 25.3 Å². The third-order valence-electron chi connectivity index (χ3n) is 5.20. The Bertz CT molecular complexity index is 777. The second-order valence-electron chi connectivity index (χ2n) is 8.39. The number of carboxylic acid groups (broad SMARTS) is 2. The smallest absolute Gasteiger partial charge is 0.326 e. The molecule has 4 atom stereocenters. The van der Waals surface area contributed by atoms with E-state index in [1.54, 1.807) is 13.8 Å². The largest absolute Gasteiger partial charge is 0.481 e. The number of guanidine groups is 1. The minimum Gasteiger partial charge on any atom is -0.481 e. The first kappa shape index (κ1) is 28.6. The summed E-state index contributed by atoms with van der Waals surface area (Å²) in [5, 5.41) is 28.8. The van der Waals surface area contributed by atoms with E-state index in [9.17, 15) is 29.1 Å². The first-order valence-electron chi connectivity index (χ1n) is 11.1. The van der Waals surface area contributed by atoms with Crippen molar-refractivity contribution in [3.8, 4) is 0 Å². The van der Waals surface area contributed by atoms with Gasteiger partial charge in [-0.2, -0.15) is 0 Å². The minimum absolute atomic E-state index is 0.0443. The van der Waals surface area contributed by atoms with Crippen LogP contribution in [-0.4, -0.2) is 83.1 Å². The minimum atomic E-state index is -1.41. The zero-order valence-corrected chi connectivity index (χ0v) is 19.4. The molecule has 10 N–H and O–H groups in total. The number of amides is 3. The average Bonchev–Trinajstić information content (AvgIpc) is 3.27. The van der Waals surface area contributed by atoms with E-state index >= 15 is 0 Å². The predicted octanol–water partition coefficient (Wildman–Crippen LogP) is -2.54. The van der Waals surface area contributed by atoms with Crippen molar-refractivity contribution in [2.45, 2.75) is 70.1 Å². The highest BCUT2D eigenvalue weighted by molar-refractivity contribution is 5.95. The molecule has 3 amide bonds. The van der Waals surface area contributed by atoms with Crippen molar-refractivity contribution in [1.29, 1.82) is 0 Å². The number of nitrogens with one attached hydrogen (secondary N) is 4. The van der Waals surface area contributed by atoms with Crippen molar-refractivity contribution < 1.29 is 34.2 Å². The van der Waals surface area contributed by atoms with Gasteiger partial charge in [0, 0.05) is 6.54 Å². The van der Waals surface area contributed by atoms with Gasteiger partial charge in [0.05, 0.1) is 12.5 Å². The number of aliphatic carboxylic acids is 2. The van der Waals surface area contributed by atoms with Crippen LogP contribution in [0.25, 0.3) is 0 Å². The van der Waals surface area contributed by atoms with Crippen LogP contribution in [0.4, 0.5) is 0 Å². The zero-order chi connectivity index (χ0) is 25.8. The Kier molecular flexibility index (Phi) is 11.8. The van der Waals surface area contributed by atoms with Gasteiger partial charge in [-0.1, -0.05) is 13.8 Å². The molecule has 0 aromatic heterocycles. The molecule has 1 fully saturated rings. The Morgan fingerprint density at radius 3 is 2.21 bits per heavy atom. The molecule has 1 aliphatic heterocycles. The van der Waals surface area contributed by atoms with Gasteiger partial charge in [0.15, 0.2) is 5.96 Å². The molecule has 0 radical (unpaired) electrons. The van der Waals surface area contributed by atoms with Crippen molar-refractivity contribution in [3.63, 3.8) is 0 Å². The fourth-order valence-electron chi connectivity index (χ4n) is 3.38. The van der Waals surface area contributed by atoms with E-state index in [4.69, 9.17) is 16.6 Å². The van der Waals surface area contributed by atoms with E-state index in [1.807, 2.05) is 0 Å². The highest BCUT2D eigenvalue weighted by Gasteiger charge is 2.33. The fraction of sp³-hybridized carbons (Fsp3) is 0.700. The second-order valence-corrected chi connectivity index (χ2v) is 8.39. The van der Waals surface area contributed by atoms with Crippen LogP contribution in [-0.2, 0) is 24.0 Å². The summed E-state index contributed by atoms with van der Waals surface area (Å²) in [6.45, 7) is 4.08. The van der Waals surface area contributed by atoms with Gasteiger partial charge >= 0.3 is 11.9 Å². The van der Waals surface area contributed by atoms with Crippen LogP contribution >= 0.6 is 0 Å². The van der Waals surface area contributed by atoms with E-state index in [2.05, 4.69) is 26.3 Å². The maximum atomic E-state index is 12.8. The van der Waals surface area contributed by atoms with Gasteiger partial charge in [0.25, 0.3) is 0 Å². The first-order valence-corrected chi connectivity index (χ1v) is 11.1. The third kappa shape index (κ3) is 10.0. The molecule has 14 nitrogen and oxygen atoms in total. The van der Waals surface area contributed by atoms with Crippen LogP contribution in [0.3, 0.4) is 0 Å². The fourth-order valence-corrected chi connectivity index (χ4v) is 3.38. The second kappa shape index (κ2) is 14.0. The molecule has 1 heterocycles. The lowest BCUT2D eigenvalue weighted by Crippen LogP contribution is -2.58. The summed E-state index contributed by atoms with van der Waals surface area (Å²) < 4.78 is 0. The number of nitrogens with two attached hydrogens (primary N) is 2. The number of rotatable bonds is 14. The van der Waals surface area contributed by atoms with Gasteiger partial charge < -0.3 is 42.9 Å². The van der Waals surface area contributed by atoms with Gasteiger partial charge in [0.2, 0.25) is 17.7 Å². The number of nitrogens with zero attached hydrogens (tertiary/aromatic N) is 1. The van der Waals surface area contributed by atoms with Gasteiger partial charge in [-0.15, -0.1) is 0 Å². The van der Waals surface area contributed by atoms with Gasteiger partial charge in [-0.3, -0.25) is 24.2 Å². The number of hydrogen-bond acceptors (Lipinski definition) is 7. The Labute approximate surface area is 197 Å². The first-order chi connectivity index (χ1) is 15.9. The van der Waals surface area contributed by atoms with Crippen molar-refractivity contribution in [1.82, 2.24) is 21.3 Å². The summed E-state index contributed by atoms with van der Waals surface area (Å²) in [6, 6.07) is -4.34. The van der Waals surface area contributed by atoms with E-state index < -0.39 is 66.2 Å². The molecule has 0 aromatic carbocycles. The maximum Gasteiger partial charge on any atom is 0.326 e. The number of aliphatic imine (C=N–C) groups is 1. The molecular weight excluding hydrogens is 450 g/mol. The molecule has 14 heteroatoms. The van der Waals surface area contributed by atoms with Gasteiger partial charge in [-0.05, 0) is 38.1 Å². The number of hydrogen-bond donors (Lipinski definition) is 8. The summed E-state index contributed by atoms with van der Waals surface area (Å²) >= 11 is 0. The molecule has 1 saturated heterocycles. The lowest BCUT2D eigenvalue weighted by atomic mass is 10.0. The summed E-state index contributed by atoms with van der Waals surface area (Å²) in [7, 11) is 0. The Balaban J connectivity index is 2.84. The molecule has 0 saturated carbocycles. The molecule has 0 aromatic rings. The molecule has 4 unspecified atom stereocenters. The average molecular weight is 486 g/mol. The predicted molar refractivity (Wildman–Crippen MR) is 121 cm³/mol. The normalized spacial score (nSPS) is 17.8. The third-order valence-corrected chi connectivity index (χ3v) is 5.20. The quantitative estimate of drug-likeness (QED) is 0.0728. The molecule has 0 bridgehead atoms. The Hall–Kier alpha value is -3.42. The van der Waals surface area contributed by atoms with Gasteiger partial charge in [-0.25, -0.2) is 4.79 Å². The van der Waals surface area contributed by atoms with E-state index in [1.165, 1.54) is 0 Å². The van der Waals surface area contributed by atoms with Gasteiger partial charge in [0.1, 0.15) is 18.1 Å². The van der Waals surface area contributed by atoms with E-state index in [0.717, 1.165) is 6.42 Å². The summed E-state index contributed by atoms with van der Waals surface area (Å²) in [6.07, 6.45) is 0.988. The Morgan fingerprint density at radius 2 is 1.71 bits per heavy atom. The summed E-state index contributed by atoms with van der Waals surface area (Å²) in [4.78, 5) is 64.5. The molecule has 0 spiro atoms. The summed E-state index contributed by atoms with van der Waals surface area (Å²) in [5.74, 6) is -5.29. The standard InChI is InChI=1S/C20H35N7O7/c1-10(2)15(18(32)25-12(19(33)34)6-4-8-24-20(21)22)27-17(31)13(9-14(28)29)26-16(30)11-5-3-7-23-11/h10-13,15,23H,3-9H2,1-2H3,(H,25,32)(H,26,30)(H,27,31)(H,28,29)(H,33,34)(H4,21,22,24). The molecule has 1 aliphatic rings. The molecule has 192 valence electrons. The molecule has 1 rings (SSSR count). The lowest BCUT2D eigenvalue weighted by molar-refractivity contribution is -0.143. The van der Waals surface area contributed by atoms with Crippen molar-refractivity contribution >= 4 is 35.6 Å². The number of carbonyl (C=O) groups excluding carboxylic acids is 3. The topological polar surface area (TPSA) is 238 Å². The zero-order valence-electron chi connectivity index (χ0n) is 19.4. The number of carbonyl (C=O) groups is 5. The summed E-state index contributed by atoms with van der Waals surface area (Å²) in [5.41, 5.74) is 10.4. The monoisotopic (exact) mass is 485 g/mol. The van der Waals surface area contributed by atoms with Crippen LogP contribution in [0.5, 0.6) is 0 Å². The van der Waals surface area contributed by atoms with Crippen molar-refractivity contribution in [2.24, 2.45) is 22.4 Å². The van der Waals surface area contributed by atoms with Crippen LogP contribution in [0.1, 0.15) is 46.0 Å². The van der Waals surface area contributed by atoms with Crippen LogP contribution in [0.2, 0.25) is 0 Å². The van der Waals surface area contributed by atoms with Crippen molar-refractivity contribution in [3.05, 3.63) is 0 Å². The highest BCUT2D eigenvalue weighted by Crippen LogP contribution is 2.08.